The summed E-state index contributed by atoms with van der Waals surface area (Å²) in [5.41, 5.74) is 2.37. The lowest BCUT2D eigenvalue weighted by Crippen LogP contribution is -2.24. The number of carbonyl (C=O) groups excluding carboxylic acids is 2. The number of hydrogen-bond donors (Lipinski definition) is 1. The molecule has 0 aliphatic carbocycles. The standard InChI is InChI=1S/C30H33O8P/c31-28(32)18-19-39(35,38-22-26-14-8-3-9-15-26)23-27(30(34)37-21-25-12-6-2-7-13-25)16-17-29(33)36-20-24-10-4-1-5-11-24/h1-15,27H,16-23H2,(H,31,32). The number of hydrogen-bond acceptors (Lipinski definition) is 7. The molecule has 1 N–H and O–H groups in total. The van der Waals surface area contributed by atoms with Gasteiger partial charge in [-0.3, -0.25) is 18.9 Å². The molecule has 2 unspecified atom stereocenters. The van der Waals surface area contributed by atoms with Crippen molar-refractivity contribution in [2.45, 2.75) is 39.1 Å². The Labute approximate surface area is 228 Å². The van der Waals surface area contributed by atoms with E-state index in [0.717, 1.165) is 16.7 Å². The maximum Gasteiger partial charge on any atom is 0.309 e. The van der Waals surface area contributed by atoms with Gasteiger partial charge < -0.3 is 19.1 Å². The minimum Gasteiger partial charge on any atom is -0.481 e. The van der Waals surface area contributed by atoms with Gasteiger partial charge in [-0.25, -0.2) is 0 Å². The minimum atomic E-state index is -3.60. The highest BCUT2D eigenvalue weighted by Gasteiger charge is 2.33. The van der Waals surface area contributed by atoms with Crippen LogP contribution in [0.4, 0.5) is 0 Å². The predicted molar refractivity (Wildman–Crippen MR) is 146 cm³/mol. The summed E-state index contributed by atoms with van der Waals surface area (Å²) < 4.78 is 30.5. The Balaban J connectivity index is 1.69. The highest BCUT2D eigenvalue weighted by molar-refractivity contribution is 7.59. The maximum absolute atomic E-state index is 13.8. The normalized spacial score (nSPS) is 13.1. The zero-order valence-electron chi connectivity index (χ0n) is 21.6. The molecule has 206 valence electrons. The van der Waals surface area contributed by atoms with Gasteiger partial charge in [-0.05, 0) is 23.1 Å². The Morgan fingerprint density at radius 3 is 1.69 bits per heavy atom. The SMILES string of the molecule is O=C(O)CCP(=O)(CC(CCC(=O)OCc1ccccc1)C(=O)OCc1ccccc1)OCc1ccccc1. The summed E-state index contributed by atoms with van der Waals surface area (Å²) in [6.45, 7) is 0.113. The quantitative estimate of drug-likeness (QED) is 0.174. The topological polar surface area (TPSA) is 116 Å². The molecule has 3 aromatic rings. The maximum atomic E-state index is 13.8. The fourth-order valence-electron chi connectivity index (χ4n) is 3.81. The first-order chi connectivity index (χ1) is 18.8. The van der Waals surface area contributed by atoms with Gasteiger partial charge in [0, 0.05) is 18.7 Å². The van der Waals surface area contributed by atoms with Gasteiger partial charge >= 0.3 is 17.9 Å². The van der Waals surface area contributed by atoms with Crippen LogP contribution in [-0.4, -0.2) is 35.3 Å². The van der Waals surface area contributed by atoms with Crippen molar-refractivity contribution in [2.24, 2.45) is 5.92 Å². The van der Waals surface area contributed by atoms with Crippen LogP contribution in [0.3, 0.4) is 0 Å². The van der Waals surface area contributed by atoms with Gasteiger partial charge in [-0.1, -0.05) is 91.0 Å². The van der Waals surface area contributed by atoms with Crippen LogP contribution in [0.2, 0.25) is 0 Å². The lowest BCUT2D eigenvalue weighted by molar-refractivity contribution is -0.150. The summed E-state index contributed by atoms with van der Waals surface area (Å²) in [4.78, 5) is 36.9. The molecular weight excluding hydrogens is 519 g/mol. The van der Waals surface area contributed by atoms with Gasteiger partial charge in [-0.15, -0.1) is 0 Å². The Morgan fingerprint density at radius 2 is 1.18 bits per heavy atom. The van der Waals surface area contributed by atoms with Gasteiger partial charge in [-0.2, -0.15) is 0 Å². The Morgan fingerprint density at radius 1 is 0.692 bits per heavy atom. The van der Waals surface area contributed by atoms with Crippen molar-refractivity contribution in [1.29, 1.82) is 0 Å². The Bertz CT molecular complexity index is 1230. The zero-order valence-corrected chi connectivity index (χ0v) is 22.5. The molecule has 9 heteroatoms. The van der Waals surface area contributed by atoms with Crippen molar-refractivity contribution < 1.29 is 38.1 Å². The molecule has 3 aromatic carbocycles. The average molecular weight is 553 g/mol. The first-order valence-corrected chi connectivity index (χ1v) is 14.7. The third kappa shape index (κ3) is 11.3. The molecule has 0 saturated heterocycles. The fraction of sp³-hybridized carbons (Fsp3) is 0.300. The first kappa shape index (κ1) is 29.8. The molecule has 0 aliphatic heterocycles. The van der Waals surface area contributed by atoms with Crippen LogP contribution in [0.5, 0.6) is 0 Å². The summed E-state index contributed by atoms with van der Waals surface area (Å²) in [5, 5.41) is 9.22. The van der Waals surface area contributed by atoms with E-state index in [-0.39, 0.29) is 51.4 Å². The highest BCUT2D eigenvalue weighted by atomic mass is 31.2. The fourth-order valence-corrected chi connectivity index (χ4v) is 6.15. The molecule has 0 aromatic heterocycles. The third-order valence-corrected chi connectivity index (χ3v) is 8.47. The van der Waals surface area contributed by atoms with Crippen LogP contribution in [0.1, 0.15) is 36.0 Å². The van der Waals surface area contributed by atoms with Crippen LogP contribution in [0, 0.1) is 5.92 Å². The number of aliphatic carboxylic acids is 1. The molecule has 0 spiro atoms. The lowest BCUT2D eigenvalue weighted by atomic mass is 10.1. The number of carbonyl (C=O) groups is 3. The van der Waals surface area contributed by atoms with E-state index in [0.29, 0.717) is 0 Å². The second-order valence-electron chi connectivity index (χ2n) is 9.10. The van der Waals surface area contributed by atoms with Crippen molar-refractivity contribution in [1.82, 2.24) is 0 Å². The van der Waals surface area contributed by atoms with E-state index >= 15 is 0 Å². The predicted octanol–water partition coefficient (Wildman–Crippen LogP) is 5.84. The molecular formula is C30H33O8P. The van der Waals surface area contributed by atoms with Crippen LogP contribution >= 0.6 is 7.37 Å². The summed E-state index contributed by atoms with van der Waals surface area (Å²) in [5.74, 6) is -3.21. The molecule has 0 radical (unpaired) electrons. The van der Waals surface area contributed by atoms with Crippen LogP contribution in [0.25, 0.3) is 0 Å². The molecule has 2 atom stereocenters. The molecule has 0 bridgehead atoms. The summed E-state index contributed by atoms with van der Waals surface area (Å²) >= 11 is 0. The van der Waals surface area contributed by atoms with Crippen molar-refractivity contribution in [3.63, 3.8) is 0 Å². The van der Waals surface area contributed by atoms with E-state index in [1.807, 2.05) is 78.9 Å². The number of carboxylic acid groups (broad SMARTS) is 1. The molecule has 0 aliphatic rings. The number of benzene rings is 3. The van der Waals surface area contributed by atoms with Gasteiger partial charge in [0.2, 0.25) is 7.37 Å². The number of ether oxygens (including phenoxy) is 2. The first-order valence-electron chi connectivity index (χ1n) is 12.7. The van der Waals surface area contributed by atoms with Crippen molar-refractivity contribution in [3.05, 3.63) is 108 Å². The number of esters is 2. The van der Waals surface area contributed by atoms with Gasteiger partial charge in [0.05, 0.1) is 18.9 Å². The van der Waals surface area contributed by atoms with E-state index in [4.69, 9.17) is 14.0 Å². The van der Waals surface area contributed by atoms with E-state index in [1.165, 1.54) is 0 Å². The average Bonchev–Trinajstić information content (AvgIpc) is 2.96. The van der Waals surface area contributed by atoms with Crippen molar-refractivity contribution in [3.8, 4) is 0 Å². The highest BCUT2D eigenvalue weighted by Crippen LogP contribution is 2.50. The Hall–Kier alpha value is -3.74. The van der Waals surface area contributed by atoms with Crippen molar-refractivity contribution >= 4 is 25.3 Å². The Kier molecular flexibility index (Phi) is 11.9. The van der Waals surface area contributed by atoms with Crippen molar-refractivity contribution in [2.75, 3.05) is 12.3 Å². The number of rotatable bonds is 16. The van der Waals surface area contributed by atoms with Crippen LogP contribution in [0.15, 0.2) is 91.0 Å². The van der Waals surface area contributed by atoms with E-state index in [2.05, 4.69) is 0 Å². The minimum absolute atomic E-state index is 0.00262. The van der Waals surface area contributed by atoms with Gasteiger partial charge in [0.25, 0.3) is 0 Å². The summed E-state index contributed by atoms with van der Waals surface area (Å²) in [6.07, 6.45) is -0.942. The van der Waals surface area contributed by atoms with Crippen LogP contribution < -0.4 is 0 Å². The molecule has 39 heavy (non-hydrogen) atoms. The molecule has 0 saturated carbocycles. The molecule has 0 amide bonds. The molecule has 3 rings (SSSR count). The van der Waals surface area contributed by atoms with Gasteiger partial charge in [0.1, 0.15) is 13.2 Å². The second kappa shape index (κ2) is 15.6. The largest absolute Gasteiger partial charge is 0.481 e. The zero-order chi connectivity index (χ0) is 27.9. The number of carboxylic acids is 1. The summed E-state index contributed by atoms with van der Waals surface area (Å²) in [7, 11) is -3.60. The van der Waals surface area contributed by atoms with Gasteiger partial charge in [0.15, 0.2) is 0 Å². The summed E-state index contributed by atoms with van der Waals surface area (Å²) in [6, 6.07) is 27.4. The molecule has 0 fully saturated rings. The molecule has 8 nitrogen and oxygen atoms in total. The van der Waals surface area contributed by atoms with E-state index in [9.17, 15) is 24.1 Å². The van der Waals surface area contributed by atoms with E-state index < -0.39 is 31.2 Å². The smallest absolute Gasteiger partial charge is 0.309 e. The van der Waals surface area contributed by atoms with Crippen LogP contribution in [-0.2, 0) is 52.8 Å². The second-order valence-corrected chi connectivity index (χ2v) is 11.8. The molecule has 0 heterocycles. The monoisotopic (exact) mass is 552 g/mol. The third-order valence-electron chi connectivity index (χ3n) is 5.97. The van der Waals surface area contributed by atoms with E-state index in [1.54, 1.807) is 12.1 Å². The lowest BCUT2D eigenvalue weighted by Gasteiger charge is -2.23.